The molecule has 0 saturated carbocycles. The van der Waals surface area contributed by atoms with Gasteiger partial charge < -0.3 is 38.9 Å². The Balaban J connectivity index is 0.00000167. The van der Waals surface area contributed by atoms with Crippen molar-refractivity contribution in [1.29, 1.82) is 0 Å². The van der Waals surface area contributed by atoms with Crippen molar-refractivity contribution < 1.29 is 216 Å². The highest BCUT2D eigenvalue weighted by Crippen LogP contribution is 2.60. The molecule has 129 heavy (non-hydrogen) atoms. The molecule has 0 unspecified atom stereocenters. The first-order valence-corrected chi connectivity index (χ1v) is 39.0. The minimum absolute atomic E-state index is 0. The van der Waals surface area contributed by atoms with Gasteiger partial charge in [-0.25, -0.2) is 14.4 Å². The molecule has 5 N–H and O–H groups in total. The second kappa shape index (κ2) is 42.6. The number of phenolic OH excluding ortho intramolecular Hbond substituents is 2. The molecule has 0 saturated heterocycles. The van der Waals surface area contributed by atoms with Gasteiger partial charge in [-0.1, -0.05) is 110 Å². The van der Waals surface area contributed by atoms with Crippen molar-refractivity contribution in [3.05, 3.63) is 215 Å². The van der Waals surface area contributed by atoms with Gasteiger partial charge in [-0.2, -0.15) is 165 Å². The first kappa shape index (κ1) is 118. The summed E-state index contributed by atoms with van der Waals surface area (Å²) >= 11 is 0. The molecular formula is C75H67F30NO19S4. The summed E-state index contributed by atoms with van der Waals surface area (Å²) in [5.41, 5.74) is -47.3. The fourth-order valence-electron chi connectivity index (χ4n) is 9.54. The number of hydrogen-bond acceptors (Lipinski definition) is 20. The van der Waals surface area contributed by atoms with E-state index in [-0.39, 0.29) is 71.8 Å². The monoisotopic (exact) mass is 1980 g/mol. The van der Waals surface area contributed by atoms with Gasteiger partial charge in [0.15, 0.2) is 0 Å². The van der Waals surface area contributed by atoms with E-state index in [0.717, 1.165) is 91.0 Å². The van der Waals surface area contributed by atoms with Crippen LogP contribution in [-0.2, 0) is 88.9 Å². The van der Waals surface area contributed by atoms with Crippen LogP contribution in [0.1, 0.15) is 114 Å². The van der Waals surface area contributed by atoms with E-state index in [9.17, 15) is 180 Å². The summed E-state index contributed by atoms with van der Waals surface area (Å²) in [5.74, 6) is 1.74. The van der Waals surface area contributed by atoms with Gasteiger partial charge in [-0.3, -0.25) is 0 Å². The highest BCUT2D eigenvalue weighted by Gasteiger charge is 2.75. The second-order valence-corrected chi connectivity index (χ2v) is 33.8. The van der Waals surface area contributed by atoms with Crippen molar-refractivity contribution in [3.63, 3.8) is 0 Å². The van der Waals surface area contributed by atoms with E-state index in [4.69, 9.17) is 30.8 Å². The highest BCUT2D eigenvalue weighted by molar-refractivity contribution is 8.00. The number of ether oxygens (including phenoxy) is 3. The van der Waals surface area contributed by atoms with E-state index in [0.29, 0.717) is 24.3 Å². The van der Waals surface area contributed by atoms with Gasteiger partial charge in [0.05, 0.1) is 0 Å². The minimum Gasteiger partial charge on any atom is -0.508 e. The van der Waals surface area contributed by atoms with Crippen LogP contribution in [0.3, 0.4) is 0 Å². The third-order valence-corrected chi connectivity index (χ3v) is 19.1. The summed E-state index contributed by atoms with van der Waals surface area (Å²) < 4.78 is 503. The fraction of sp³-hybridized carbons (Fsp3) is 0.347. The molecule has 0 aliphatic carbocycles. The molecular weight excluding hydrogens is 1920 g/mol. The third kappa shape index (κ3) is 31.9. The maximum absolute atomic E-state index is 14.4. The Morgan fingerprint density at radius 3 is 0.682 bits per heavy atom. The number of carbonyl (C=O) groups excluding carboxylic acids is 3. The number of benzene rings is 6. The second-order valence-electron chi connectivity index (χ2n) is 27.4. The summed E-state index contributed by atoms with van der Waals surface area (Å²) in [6.07, 6.45) is -25.1. The van der Waals surface area contributed by atoms with E-state index in [2.05, 4.69) is 32.7 Å². The summed E-state index contributed by atoms with van der Waals surface area (Å²) in [7, 11) is -26.3. The lowest BCUT2D eigenvalue weighted by molar-refractivity contribution is -0.290. The number of carbonyl (C=O) groups is 3. The molecule has 6 aromatic rings. The first-order valence-electron chi connectivity index (χ1n) is 33.4. The maximum Gasteiger partial charge on any atom is 0.534 e. The molecule has 0 aromatic heterocycles. The number of aromatic hydroxyl groups is 2. The van der Waals surface area contributed by atoms with Gasteiger partial charge in [0.1, 0.15) is 39.8 Å². The Hall–Kier alpha value is -11.1. The minimum atomic E-state index is -6.85. The Morgan fingerprint density at radius 1 is 0.333 bits per heavy atom. The molecule has 0 atom stereocenters. The predicted octanol–water partition coefficient (Wildman–Crippen LogP) is 20.9. The molecule has 0 bridgehead atoms. The summed E-state index contributed by atoms with van der Waals surface area (Å²) in [4.78, 5) is 34.2. The Morgan fingerprint density at radius 2 is 0.527 bits per heavy atom. The van der Waals surface area contributed by atoms with E-state index < -0.39 is 201 Å². The molecule has 0 fully saturated rings. The van der Waals surface area contributed by atoms with Crippen LogP contribution in [0.15, 0.2) is 170 Å². The molecule has 6 rings (SSSR count). The van der Waals surface area contributed by atoms with Gasteiger partial charge in [-0.05, 0) is 186 Å². The van der Waals surface area contributed by atoms with E-state index >= 15 is 0 Å². The van der Waals surface area contributed by atoms with Crippen molar-refractivity contribution in [3.8, 4) is 47.2 Å². The van der Waals surface area contributed by atoms with Gasteiger partial charge in [0.25, 0.3) is 0 Å². The van der Waals surface area contributed by atoms with Crippen LogP contribution in [0.25, 0.3) is 12.2 Å². The number of terminal acetylenes is 1. The number of phenols is 2. The lowest BCUT2D eigenvalue weighted by atomic mass is 9.72. The molecule has 0 radical (unpaired) electrons. The standard InChI is InChI=1S/C29H30F6O4.C17H8F12O6S2.C15H10F6O2.C7H12O2.C5H4.C2F6O5S2.H3N/c1-25(2,3)38-23(36)17-11-19-7-13-21(14-8-19)27(28(30,31)32,29(33,34)35)22-15-9-20(10-16-22)12-18-24(37)39-26(4,5)6;18-14(19,20)13(15(21,22)23,9-1-5-11(6-2-9)34-36(30,31)16(24,25)26)10-3-7-12(8-4-10)35-37(32,33)17(27,28)29;16-14(17,18)13(15(19,20)21,9-1-5-11(22)6-2-9)10-3-7-12(23)8-4-10;1-5-6(8)9-7(2,3)4;1-3-5-4-2;3-1(4,5)14(9,10)13-15(11,12)2(6,7)8;/h7-18H,1-6H3;1-8H;1-8,22-23H;5H,1H2,2-4H3;1H,2H3;;1H3/b17-11+,18-12+;;;;;;. The Kier molecular flexibility index (Phi) is 39.0. The van der Waals surface area contributed by atoms with Crippen LogP contribution in [0, 0.1) is 24.2 Å². The summed E-state index contributed by atoms with van der Waals surface area (Å²) in [5, 5.41) is 18.3. The normalized spacial score (nSPS) is 13.2. The molecule has 0 aliphatic heterocycles. The van der Waals surface area contributed by atoms with Gasteiger partial charge in [0, 0.05) is 18.2 Å². The molecule has 0 spiro atoms. The van der Waals surface area contributed by atoms with Crippen LogP contribution in [-0.4, -0.2) is 138 Å². The number of esters is 3. The van der Waals surface area contributed by atoms with Crippen LogP contribution in [0.5, 0.6) is 23.0 Å². The topological polar surface area (TPSA) is 319 Å². The summed E-state index contributed by atoms with van der Waals surface area (Å²) in [6, 6.07) is 12.5. The van der Waals surface area contributed by atoms with Crippen LogP contribution in [0.4, 0.5) is 132 Å². The van der Waals surface area contributed by atoms with Crippen molar-refractivity contribution in [2.75, 3.05) is 0 Å². The van der Waals surface area contributed by atoms with Crippen LogP contribution in [0.2, 0.25) is 0 Å². The van der Waals surface area contributed by atoms with Crippen LogP contribution < -0.4 is 14.5 Å². The molecule has 0 heterocycles. The molecule has 0 aliphatic rings. The number of alkyl halides is 30. The van der Waals surface area contributed by atoms with Gasteiger partial charge in [0.2, 0.25) is 16.2 Å². The predicted molar refractivity (Wildman–Crippen MR) is 396 cm³/mol. The first-order chi connectivity index (χ1) is 57.1. The average Bonchev–Trinajstić information content (AvgIpc) is 0.724. The number of rotatable bonds is 17. The highest BCUT2D eigenvalue weighted by atomic mass is 32.3. The summed E-state index contributed by atoms with van der Waals surface area (Å²) in [6.45, 7) is 20.3. The lowest BCUT2D eigenvalue weighted by Gasteiger charge is -2.38. The van der Waals surface area contributed by atoms with Crippen LogP contribution >= 0.6 is 0 Å². The third-order valence-electron chi connectivity index (χ3n) is 14.5. The maximum atomic E-state index is 14.4. The zero-order valence-electron chi connectivity index (χ0n) is 66.5. The quantitative estimate of drug-likeness (QED) is 0.0145. The fourth-order valence-corrected chi connectivity index (χ4v) is 12.0. The molecule has 20 nitrogen and oxygen atoms in total. The zero-order valence-corrected chi connectivity index (χ0v) is 69.8. The number of halogens is 30. The SMILES string of the molecule is C#CC#CC.C=CC(=O)OC(C)(C)C.CC(C)(C)OC(=O)/C=C/c1ccc(C(c2ccc(/C=C/C(=O)OC(C)(C)C)cc2)(C(F)(F)F)C(F)(F)F)cc1.N.O=S(=O)(OS(=O)(=O)C(F)(F)F)C(F)(F)F.O=S(=O)(Oc1ccc(C(c2ccc(OS(=O)(=O)C(F)(F)F)cc2)(C(F)(F)F)C(F)(F)F)cc1)C(F)(F)F.Oc1ccc(C(c2ccc(O)cc2)(C(F)(F)F)C(F)(F)F)cc1. The van der Waals surface area contributed by atoms with Crippen molar-refractivity contribution in [1.82, 2.24) is 6.15 Å². The molecule has 54 heteroatoms. The van der Waals surface area contributed by atoms with Gasteiger partial charge in [-0.15, -0.1) is 10.1 Å². The average molecular weight is 1980 g/mol. The van der Waals surface area contributed by atoms with Gasteiger partial charge >= 0.3 is 117 Å². The van der Waals surface area contributed by atoms with E-state index in [1.165, 1.54) is 12.2 Å². The van der Waals surface area contributed by atoms with E-state index in [1.807, 2.05) is 24.4 Å². The van der Waals surface area contributed by atoms with Crippen molar-refractivity contribution in [2.24, 2.45) is 0 Å². The largest absolute Gasteiger partial charge is 0.534 e. The molecule has 720 valence electrons. The van der Waals surface area contributed by atoms with E-state index in [1.54, 1.807) is 48.5 Å². The number of hydrogen-bond donors (Lipinski definition) is 3. The Labute approximate surface area is 713 Å². The molecule has 0 amide bonds. The lowest BCUT2D eigenvalue weighted by Crippen LogP contribution is -2.54. The van der Waals surface area contributed by atoms with Crippen molar-refractivity contribution in [2.45, 2.75) is 161 Å². The molecule has 6 aromatic carbocycles. The zero-order chi connectivity index (χ0) is 101. The van der Waals surface area contributed by atoms with Crippen molar-refractivity contribution >= 4 is 70.5 Å². The Bertz CT molecular complexity index is 5100. The smallest absolute Gasteiger partial charge is 0.508 e.